The third-order valence-electron chi connectivity index (χ3n) is 6.28. The van der Waals surface area contributed by atoms with Crippen molar-refractivity contribution in [1.29, 1.82) is 0 Å². The Labute approximate surface area is 220 Å². The summed E-state index contributed by atoms with van der Waals surface area (Å²) in [5.74, 6) is 0.572. The molecular weight excluding hydrogens is 508 g/mol. The molecule has 1 aliphatic rings. The molecule has 37 heavy (non-hydrogen) atoms. The Kier molecular flexibility index (Phi) is 7.43. The Morgan fingerprint density at radius 3 is 2.70 bits per heavy atom. The van der Waals surface area contributed by atoms with Crippen LogP contribution in [-0.2, 0) is 10.0 Å². The predicted octanol–water partition coefficient (Wildman–Crippen LogP) is 4.42. The highest BCUT2D eigenvalue weighted by atomic mass is 32.2. The number of nitrogens with zero attached hydrogens (tertiary/aromatic N) is 5. The van der Waals surface area contributed by atoms with Crippen LogP contribution in [-0.4, -0.2) is 63.5 Å². The molecule has 0 aromatic carbocycles. The SMILES string of the molecule is CCCN(CCC)S(=O)(=O)c1sc(Nc2nc(C3=CCCNC3)cn3c(-c4cn[nH]c4)cnc23)cc1C. The molecule has 4 aromatic heterocycles. The molecular formula is C25H32N8O2S2. The van der Waals surface area contributed by atoms with E-state index in [2.05, 4.69) is 31.9 Å². The van der Waals surface area contributed by atoms with Gasteiger partial charge in [0.25, 0.3) is 10.0 Å². The summed E-state index contributed by atoms with van der Waals surface area (Å²) in [6.45, 7) is 8.53. The molecule has 0 bridgehead atoms. The summed E-state index contributed by atoms with van der Waals surface area (Å²) in [5, 5.41) is 14.5. The summed E-state index contributed by atoms with van der Waals surface area (Å²) >= 11 is 1.24. The fraction of sp³-hybridized carbons (Fsp3) is 0.400. The van der Waals surface area contributed by atoms with Gasteiger partial charge in [0.1, 0.15) is 4.21 Å². The van der Waals surface area contributed by atoms with E-state index in [1.54, 1.807) is 16.7 Å². The van der Waals surface area contributed by atoms with Crippen LogP contribution in [0.4, 0.5) is 10.8 Å². The summed E-state index contributed by atoms with van der Waals surface area (Å²) in [6.07, 6.45) is 12.1. The maximum Gasteiger partial charge on any atom is 0.252 e. The Morgan fingerprint density at radius 1 is 1.22 bits per heavy atom. The molecule has 0 fully saturated rings. The van der Waals surface area contributed by atoms with Crippen molar-refractivity contribution >= 4 is 43.4 Å². The van der Waals surface area contributed by atoms with E-state index in [0.29, 0.717) is 33.8 Å². The molecule has 196 valence electrons. The van der Waals surface area contributed by atoms with Crippen LogP contribution in [0.5, 0.6) is 0 Å². The number of aromatic nitrogens is 5. The summed E-state index contributed by atoms with van der Waals surface area (Å²) in [5.41, 5.74) is 5.13. The third-order valence-corrected chi connectivity index (χ3v) is 9.94. The van der Waals surface area contributed by atoms with Gasteiger partial charge in [-0.2, -0.15) is 9.40 Å². The molecule has 0 saturated heterocycles. The number of nitrogens with one attached hydrogen (secondary N) is 3. The molecule has 0 amide bonds. The molecule has 0 unspecified atom stereocenters. The lowest BCUT2D eigenvalue weighted by Crippen LogP contribution is -2.32. The molecule has 0 atom stereocenters. The zero-order chi connectivity index (χ0) is 26.0. The van der Waals surface area contributed by atoms with E-state index in [1.165, 1.54) is 11.3 Å². The van der Waals surface area contributed by atoms with Gasteiger partial charge in [-0.25, -0.2) is 18.4 Å². The highest BCUT2D eigenvalue weighted by Gasteiger charge is 2.28. The van der Waals surface area contributed by atoms with Gasteiger partial charge in [-0.1, -0.05) is 19.9 Å². The minimum absolute atomic E-state index is 0.366. The lowest BCUT2D eigenvalue weighted by molar-refractivity contribution is 0.411. The van der Waals surface area contributed by atoms with E-state index < -0.39 is 10.0 Å². The van der Waals surface area contributed by atoms with Crippen molar-refractivity contribution in [3.8, 4) is 11.3 Å². The van der Waals surface area contributed by atoms with Crippen molar-refractivity contribution in [3.05, 3.63) is 48.2 Å². The Balaban J connectivity index is 1.56. The second-order valence-corrected chi connectivity index (χ2v) is 12.3. The second kappa shape index (κ2) is 10.7. The number of imidazole rings is 1. The summed E-state index contributed by atoms with van der Waals surface area (Å²) in [4.78, 5) is 9.58. The molecule has 0 spiro atoms. The van der Waals surface area contributed by atoms with Crippen molar-refractivity contribution in [2.45, 2.75) is 44.2 Å². The lowest BCUT2D eigenvalue weighted by atomic mass is 10.1. The van der Waals surface area contributed by atoms with Gasteiger partial charge in [0, 0.05) is 37.6 Å². The Bertz CT molecular complexity index is 1510. The smallest absolute Gasteiger partial charge is 0.252 e. The molecule has 5 heterocycles. The van der Waals surface area contributed by atoms with Crippen LogP contribution in [0.15, 0.2) is 41.1 Å². The largest absolute Gasteiger partial charge is 0.329 e. The quantitative estimate of drug-likeness (QED) is 0.272. The first-order valence-corrected chi connectivity index (χ1v) is 14.8. The summed E-state index contributed by atoms with van der Waals surface area (Å²) in [7, 11) is -3.58. The molecule has 1 aliphatic heterocycles. The number of aryl methyl sites for hydroxylation is 1. The first-order valence-electron chi connectivity index (χ1n) is 12.6. The summed E-state index contributed by atoms with van der Waals surface area (Å²) in [6, 6.07) is 1.87. The maximum atomic E-state index is 13.5. The van der Waals surface area contributed by atoms with E-state index in [-0.39, 0.29) is 0 Å². The van der Waals surface area contributed by atoms with Gasteiger partial charge in [0.05, 0.1) is 28.8 Å². The fourth-order valence-electron chi connectivity index (χ4n) is 4.54. The molecule has 10 nitrogen and oxygen atoms in total. The predicted molar refractivity (Wildman–Crippen MR) is 148 cm³/mol. The molecule has 5 rings (SSSR count). The van der Waals surface area contributed by atoms with Crippen molar-refractivity contribution < 1.29 is 8.42 Å². The number of anilines is 2. The Morgan fingerprint density at radius 2 is 2.03 bits per heavy atom. The standard InChI is InChI=1S/C25H32N8O2S2/c1-4-9-32(10-5-2)37(34,35)25-17(3)11-22(36-25)31-23-24-27-15-21(19-13-28-29-14-19)33(24)16-20(30-23)18-7-6-8-26-12-18/h7,11,13-16,26H,4-6,8-10,12H2,1-3H3,(H,28,29)(H,30,31). The zero-order valence-electron chi connectivity index (χ0n) is 21.3. The first-order chi connectivity index (χ1) is 17.9. The van der Waals surface area contributed by atoms with Crippen LogP contribution in [0.3, 0.4) is 0 Å². The van der Waals surface area contributed by atoms with E-state index in [4.69, 9.17) is 4.98 Å². The molecule has 4 aromatic rings. The van der Waals surface area contributed by atoms with Crippen LogP contribution >= 0.6 is 11.3 Å². The number of aromatic amines is 1. The molecule has 12 heteroatoms. The molecule has 0 aliphatic carbocycles. The highest BCUT2D eigenvalue weighted by Crippen LogP contribution is 2.36. The third kappa shape index (κ3) is 5.06. The number of rotatable bonds is 10. The van der Waals surface area contributed by atoms with Gasteiger partial charge < -0.3 is 10.6 Å². The van der Waals surface area contributed by atoms with Crippen molar-refractivity contribution in [1.82, 2.24) is 34.2 Å². The van der Waals surface area contributed by atoms with Gasteiger partial charge in [-0.05, 0) is 49.9 Å². The van der Waals surface area contributed by atoms with Gasteiger partial charge >= 0.3 is 0 Å². The fourth-order valence-corrected chi connectivity index (χ4v) is 7.89. The average Bonchev–Trinajstić information content (AvgIpc) is 3.64. The molecule has 0 radical (unpaired) electrons. The Hall–Kier alpha value is -3.06. The number of hydrogen-bond donors (Lipinski definition) is 3. The van der Waals surface area contributed by atoms with E-state index in [9.17, 15) is 8.42 Å². The summed E-state index contributed by atoms with van der Waals surface area (Å²) < 4.78 is 30.9. The van der Waals surface area contributed by atoms with E-state index >= 15 is 0 Å². The van der Waals surface area contributed by atoms with Crippen molar-refractivity contribution in [3.63, 3.8) is 0 Å². The molecule has 3 N–H and O–H groups in total. The van der Waals surface area contributed by atoms with Crippen LogP contribution < -0.4 is 10.6 Å². The normalized spacial score (nSPS) is 14.4. The molecule has 0 saturated carbocycles. The van der Waals surface area contributed by atoms with Crippen molar-refractivity contribution in [2.24, 2.45) is 0 Å². The minimum Gasteiger partial charge on any atom is -0.329 e. The first kappa shape index (κ1) is 25.6. The number of H-pyrrole nitrogens is 1. The van der Waals surface area contributed by atoms with Crippen LogP contribution in [0.1, 0.15) is 44.4 Å². The number of thiophene rings is 1. The monoisotopic (exact) mass is 540 g/mol. The van der Waals surface area contributed by atoms with Gasteiger partial charge in [0.2, 0.25) is 0 Å². The van der Waals surface area contributed by atoms with E-state index in [0.717, 1.165) is 60.4 Å². The van der Waals surface area contributed by atoms with Crippen molar-refractivity contribution in [2.75, 3.05) is 31.5 Å². The van der Waals surface area contributed by atoms with Crippen LogP contribution in [0.2, 0.25) is 0 Å². The highest BCUT2D eigenvalue weighted by molar-refractivity contribution is 7.91. The number of hydrogen-bond acceptors (Lipinski definition) is 8. The maximum absolute atomic E-state index is 13.5. The van der Waals surface area contributed by atoms with E-state index in [1.807, 2.05) is 43.6 Å². The van der Waals surface area contributed by atoms with Gasteiger partial charge in [0.15, 0.2) is 11.5 Å². The van der Waals surface area contributed by atoms with Crippen LogP contribution in [0.25, 0.3) is 22.5 Å². The zero-order valence-corrected chi connectivity index (χ0v) is 22.9. The van der Waals surface area contributed by atoms with Gasteiger partial charge in [-0.15, -0.1) is 11.3 Å². The second-order valence-electron chi connectivity index (χ2n) is 9.10. The van der Waals surface area contributed by atoms with Crippen LogP contribution in [0, 0.1) is 6.92 Å². The average molecular weight is 541 g/mol. The number of fused-ring (bicyclic) bond motifs is 1. The number of sulfonamides is 1. The lowest BCUT2D eigenvalue weighted by Gasteiger charge is -2.20. The minimum atomic E-state index is -3.58. The van der Waals surface area contributed by atoms with Gasteiger partial charge in [-0.3, -0.25) is 9.50 Å². The topological polar surface area (TPSA) is 120 Å².